The van der Waals surface area contributed by atoms with Crippen molar-refractivity contribution >= 4 is 20.8 Å². The molecule has 5 nitrogen and oxygen atoms in total. The summed E-state index contributed by atoms with van der Waals surface area (Å²) >= 11 is 0. The van der Waals surface area contributed by atoms with Crippen molar-refractivity contribution in [1.29, 1.82) is 0 Å². The lowest BCUT2D eigenvalue weighted by Crippen LogP contribution is -2.51. The van der Waals surface area contributed by atoms with Gasteiger partial charge in [0.1, 0.15) is 0 Å². The number of nitrogens with zero attached hydrogens (tertiary/aromatic N) is 1. The molecule has 170 valence electrons. The van der Waals surface area contributed by atoms with E-state index in [0.717, 1.165) is 12.8 Å². The second kappa shape index (κ2) is 9.32. The number of rotatable bonds is 8. The molecule has 0 saturated carbocycles. The zero-order valence-electron chi connectivity index (χ0n) is 18.7. The van der Waals surface area contributed by atoms with Crippen LogP contribution in [0.25, 0.3) is 10.8 Å². The second-order valence-corrected chi connectivity index (χ2v) is 11.2. The van der Waals surface area contributed by atoms with Gasteiger partial charge in [-0.05, 0) is 61.6 Å². The molecule has 4 rings (SSSR count). The number of hydrogen-bond acceptors (Lipinski definition) is 4. The van der Waals surface area contributed by atoms with E-state index >= 15 is 0 Å². The Morgan fingerprint density at radius 3 is 2.47 bits per heavy atom. The second-order valence-electron chi connectivity index (χ2n) is 9.33. The van der Waals surface area contributed by atoms with E-state index in [9.17, 15) is 13.5 Å². The lowest BCUT2D eigenvalue weighted by molar-refractivity contribution is 0.0972. The minimum atomic E-state index is -3.61. The number of aliphatic hydroxyl groups excluding tert-OH is 1. The molecule has 3 aromatic rings. The zero-order valence-corrected chi connectivity index (χ0v) is 19.6. The quantitative estimate of drug-likeness (QED) is 0.543. The summed E-state index contributed by atoms with van der Waals surface area (Å²) in [5.41, 5.74) is 0.982. The molecular weight excluding hydrogens is 420 g/mol. The SMILES string of the molecule is CC(C)(Cc1ccc2ccccc2c1)NC[C@@H](O)[C@H]1CCCN1S(=O)(=O)c1ccccc1. The predicted octanol–water partition coefficient (Wildman–Crippen LogP) is 3.96. The van der Waals surface area contributed by atoms with Gasteiger partial charge in [0.15, 0.2) is 0 Å². The van der Waals surface area contributed by atoms with E-state index in [0.29, 0.717) is 19.5 Å². The molecule has 2 atom stereocenters. The summed E-state index contributed by atoms with van der Waals surface area (Å²) in [6, 6.07) is 22.9. The van der Waals surface area contributed by atoms with Gasteiger partial charge in [0.2, 0.25) is 10.0 Å². The number of aliphatic hydroxyl groups is 1. The largest absolute Gasteiger partial charge is 0.390 e. The Balaban J connectivity index is 1.40. The molecule has 1 aliphatic heterocycles. The average Bonchev–Trinajstić information content (AvgIpc) is 3.29. The fraction of sp³-hybridized carbons (Fsp3) is 0.385. The van der Waals surface area contributed by atoms with Crippen LogP contribution in [0.3, 0.4) is 0 Å². The van der Waals surface area contributed by atoms with E-state index in [2.05, 4.69) is 49.5 Å². The number of sulfonamides is 1. The van der Waals surface area contributed by atoms with E-state index in [1.807, 2.05) is 12.1 Å². The molecule has 1 saturated heterocycles. The number of hydrogen-bond donors (Lipinski definition) is 2. The fourth-order valence-corrected chi connectivity index (χ4v) is 6.36. The lowest BCUT2D eigenvalue weighted by Gasteiger charge is -2.32. The third-order valence-electron chi connectivity index (χ3n) is 6.29. The first-order chi connectivity index (χ1) is 15.3. The van der Waals surface area contributed by atoms with Crippen molar-refractivity contribution in [2.24, 2.45) is 0 Å². The van der Waals surface area contributed by atoms with Crippen LogP contribution in [0.15, 0.2) is 77.7 Å². The first-order valence-corrected chi connectivity index (χ1v) is 12.7. The topological polar surface area (TPSA) is 69.6 Å². The first kappa shape index (κ1) is 22.9. The van der Waals surface area contributed by atoms with Crippen molar-refractivity contribution in [3.63, 3.8) is 0 Å². The van der Waals surface area contributed by atoms with Crippen LogP contribution < -0.4 is 5.32 Å². The van der Waals surface area contributed by atoms with Crippen LogP contribution in [-0.4, -0.2) is 48.6 Å². The normalized spacial score (nSPS) is 18.8. The summed E-state index contributed by atoms with van der Waals surface area (Å²) in [6.45, 7) is 5.01. The first-order valence-electron chi connectivity index (χ1n) is 11.2. The molecule has 3 aromatic carbocycles. The summed E-state index contributed by atoms with van der Waals surface area (Å²) < 4.78 is 27.7. The molecule has 0 unspecified atom stereocenters. The van der Waals surface area contributed by atoms with Crippen LogP contribution in [0.2, 0.25) is 0 Å². The predicted molar refractivity (Wildman–Crippen MR) is 129 cm³/mol. The molecule has 0 radical (unpaired) electrons. The molecule has 1 fully saturated rings. The molecule has 0 aromatic heterocycles. The van der Waals surface area contributed by atoms with Gasteiger partial charge in [0.25, 0.3) is 0 Å². The molecule has 0 aliphatic carbocycles. The monoisotopic (exact) mass is 452 g/mol. The van der Waals surface area contributed by atoms with Crippen molar-refractivity contribution in [3.8, 4) is 0 Å². The number of β-amino-alcohol motifs (C(OH)–C–C–N with tert-alkyl or cyclic N) is 1. The highest BCUT2D eigenvalue weighted by Gasteiger charge is 2.39. The summed E-state index contributed by atoms with van der Waals surface area (Å²) in [5.74, 6) is 0. The minimum absolute atomic E-state index is 0.245. The van der Waals surface area contributed by atoms with Crippen LogP contribution in [0.5, 0.6) is 0 Å². The van der Waals surface area contributed by atoms with E-state index in [1.54, 1.807) is 30.3 Å². The van der Waals surface area contributed by atoms with Crippen LogP contribution in [-0.2, 0) is 16.4 Å². The highest BCUT2D eigenvalue weighted by atomic mass is 32.2. The minimum Gasteiger partial charge on any atom is -0.390 e. The van der Waals surface area contributed by atoms with E-state index in [1.165, 1.54) is 20.6 Å². The molecule has 0 bridgehead atoms. The molecule has 1 aliphatic rings. The number of benzene rings is 3. The summed E-state index contributed by atoms with van der Waals surface area (Å²) in [7, 11) is -3.61. The van der Waals surface area contributed by atoms with Crippen molar-refractivity contribution in [2.45, 2.75) is 55.7 Å². The molecule has 6 heteroatoms. The highest BCUT2D eigenvalue weighted by molar-refractivity contribution is 7.89. The third-order valence-corrected chi connectivity index (χ3v) is 8.23. The van der Waals surface area contributed by atoms with Crippen LogP contribution in [0.1, 0.15) is 32.3 Å². The number of nitrogens with one attached hydrogen (secondary N) is 1. The maximum absolute atomic E-state index is 13.1. The standard InChI is InChI=1S/C26H32N2O3S/c1-26(2,18-20-14-15-21-9-6-7-10-22(21)17-20)27-19-25(29)24-13-8-16-28(24)32(30,31)23-11-4-3-5-12-23/h3-7,9-12,14-15,17,24-25,27,29H,8,13,16,18-19H2,1-2H3/t24-,25-/m1/s1. The molecule has 1 heterocycles. The van der Waals surface area contributed by atoms with Gasteiger partial charge in [-0.1, -0.05) is 60.7 Å². The van der Waals surface area contributed by atoms with Crippen molar-refractivity contribution in [1.82, 2.24) is 9.62 Å². The zero-order chi connectivity index (χ0) is 22.8. The Morgan fingerprint density at radius 1 is 1.03 bits per heavy atom. The van der Waals surface area contributed by atoms with E-state index in [4.69, 9.17) is 0 Å². The third kappa shape index (κ3) is 5.04. The van der Waals surface area contributed by atoms with Gasteiger partial charge in [0.05, 0.1) is 17.0 Å². The Bertz CT molecular complexity index is 1160. The van der Waals surface area contributed by atoms with E-state index in [-0.39, 0.29) is 10.4 Å². The Kier molecular flexibility index (Phi) is 6.67. The van der Waals surface area contributed by atoms with Gasteiger partial charge in [-0.3, -0.25) is 0 Å². The van der Waals surface area contributed by atoms with Crippen molar-refractivity contribution in [2.75, 3.05) is 13.1 Å². The summed E-state index contributed by atoms with van der Waals surface area (Å²) in [4.78, 5) is 0.281. The van der Waals surface area contributed by atoms with Crippen LogP contribution >= 0.6 is 0 Å². The summed E-state index contributed by atoms with van der Waals surface area (Å²) in [5, 5.41) is 16.8. The molecule has 2 N–H and O–H groups in total. The van der Waals surface area contributed by atoms with Gasteiger partial charge < -0.3 is 10.4 Å². The van der Waals surface area contributed by atoms with Crippen molar-refractivity contribution < 1.29 is 13.5 Å². The Labute approximate surface area is 191 Å². The van der Waals surface area contributed by atoms with Gasteiger partial charge >= 0.3 is 0 Å². The van der Waals surface area contributed by atoms with Gasteiger partial charge in [-0.2, -0.15) is 4.31 Å². The maximum atomic E-state index is 13.1. The highest BCUT2D eigenvalue weighted by Crippen LogP contribution is 2.28. The van der Waals surface area contributed by atoms with E-state index < -0.39 is 22.2 Å². The summed E-state index contributed by atoms with van der Waals surface area (Å²) in [6.07, 6.45) is 1.46. The molecular formula is C26H32N2O3S. The van der Waals surface area contributed by atoms with Crippen molar-refractivity contribution in [3.05, 3.63) is 78.4 Å². The molecule has 32 heavy (non-hydrogen) atoms. The van der Waals surface area contributed by atoms with Crippen LogP contribution in [0.4, 0.5) is 0 Å². The maximum Gasteiger partial charge on any atom is 0.243 e. The smallest absolute Gasteiger partial charge is 0.243 e. The molecule has 0 spiro atoms. The lowest BCUT2D eigenvalue weighted by atomic mass is 9.93. The average molecular weight is 453 g/mol. The van der Waals surface area contributed by atoms with Gasteiger partial charge in [-0.25, -0.2) is 8.42 Å². The Hall–Kier alpha value is -2.25. The molecule has 0 amide bonds. The Morgan fingerprint density at radius 2 is 1.72 bits per heavy atom. The fourth-order valence-electron chi connectivity index (χ4n) is 4.62. The number of fused-ring (bicyclic) bond motifs is 1. The van der Waals surface area contributed by atoms with Gasteiger partial charge in [0, 0.05) is 18.6 Å². The van der Waals surface area contributed by atoms with Gasteiger partial charge in [-0.15, -0.1) is 0 Å². The van der Waals surface area contributed by atoms with Crippen LogP contribution in [0, 0.1) is 0 Å².